The number of H-pyrrole nitrogens is 1. The Balaban J connectivity index is 1.46. The number of aromatic amines is 1. The molecule has 4 aromatic rings. The molecule has 9 nitrogen and oxygen atoms in total. The molecule has 0 spiro atoms. The van der Waals surface area contributed by atoms with Gasteiger partial charge in [-0.15, -0.1) is 0 Å². The highest BCUT2D eigenvalue weighted by Crippen LogP contribution is 2.35. The second-order valence-electron chi connectivity index (χ2n) is 8.31. The Morgan fingerprint density at radius 2 is 1.91 bits per heavy atom. The summed E-state index contributed by atoms with van der Waals surface area (Å²) in [4.78, 5) is 31.0. The van der Waals surface area contributed by atoms with E-state index in [0.717, 1.165) is 17.5 Å². The normalized spacial score (nSPS) is 15.3. The van der Waals surface area contributed by atoms with Crippen LogP contribution in [0.5, 0.6) is 17.2 Å². The number of rotatable bonds is 7. The zero-order valence-corrected chi connectivity index (χ0v) is 19.2. The minimum absolute atomic E-state index is 0.0867. The van der Waals surface area contributed by atoms with Gasteiger partial charge in [0.15, 0.2) is 22.8 Å². The van der Waals surface area contributed by atoms with Crippen LogP contribution in [0.4, 0.5) is 0 Å². The van der Waals surface area contributed by atoms with Crippen LogP contribution < -0.4 is 15.2 Å². The molecule has 1 aliphatic rings. The first-order chi connectivity index (χ1) is 17.0. The Morgan fingerprint density at radius 1 is 1.17 bits per heavy atom. The molecule has 1 fully saturated rings. The molecule has 0 bridgehead atoms. The summed E-state index contributed by atoms with van der Waals surface area (Å²) in [5.74, 6) is 1.26. The van der Waals surface area contributed by atoms with Crippen LogP contribution >= 0.6 is 0 Å². The third-order valence-corrected chi connectivity index (χ3v) is 6.26. The number of likely N-dealkylation sites (tertiary alicyclic amines) is 1. The Hall–Kier alpha value is -4.53. The molecule has 0 saturated carbocycles. The van der Waals surface area contributed by atoms with Gasteiger partial charge in [0.25, 0.3) is 5.91 Å². The van der Waals surface area contributed by atoms with Crippen LogP contribution in [0.15, 0.2) is 67.4 Å². The van der Waals surface area contributed by atoms with Crippen molar-refractivity contribution in [3.05, 3.63) is 78.6 Å². The number of nitrogens with one attached hydrogen (secondary N) is 1. The summed E-state index contributed by atoms with van der Waals surface area (Å²) in [6.45, 7) is 4.79. The van der Waals surface area contributed by atoms with Crippen LogP contribution in [0.1, 0.15) is 28.4 Å². The lowest BCUT2D eigenvalue weighted by Gasteiger charge is -2.13. The van der Waals surface area contributed by atoms with E-state index >= 15 is 0 Å². The zero-order chi connectivity index (χ0) is 24.5. The number of hydrogen-bond acceptors (Lipinski definition) is 5. The number of imidazole rings is 1. The number of amides is 2. The quantitative estimate of drug-likeness (QED) is 0.399. The van der Waals surface area contributed by atoms with E-state index in [0.29, 0.717) is 41.7 Å². The highest BCUT2D eigenvalue weighted by molar-refractivity contribution is 5.98. The Bertz CT molecular complexity index is 1420. The number of carbonyl (C=O) groups is 2. The van der Waals surface area contributed by atoms with Gasteiger partial charge in [-0.05, 0) is 48.9 Å². The Morgan fingerprint density at radius 3 is 2.60 bits per heavy atom. The number of benzene rings is 2. The number of para-hydroxylation sites is 2. The van der Waals surface area contributed by atoms with E-state index < -0.39 is 5.91 Å². The predicted octanol–water partition coefficient (Wildman–Crippen LogP) is 3.73. The average Bonchev–Trinajstić information content (AvgIpc) is 3.59. The number of fused-ring (bicyclic) bond motifs is 1. The smallest absolute Gasteiger partial charge is 0.269 e. The highest BCUT2D eigenvalue weighted by atomic mass is 16.5. The monoisotopic (exact) mass is 471 g/mol. The van der Waals surface area contributed by atoms with Crippen molar-refractivity contribution in [2.75, 3.05) is 20.2 Å². The van der Waals surface area contributed by atoms with Gasteiger partial charge in [-0.25, -0.2) is 9.50 Å². The number of hydrogen-bond donors (Lipinski definition) is 2. The van der Waals surface area contributed by atoms with Crippen molar-refractivity contribution >= 4 is 17.5 Å². The minimum atomic E-state index is -0.592. The third kappa shape index (κ3) is 4.01. The predicted molar refractivity (Wildman–Crippen MR) is 131 cm³/mol. The summed E-state index contributed by atoms with van der Waals surface area (Å²) in [5.41, 5.74) is 8.78. The fourth-order valence-electron chi connectivity index (χ4n) is 4.52. The van der Waals surface area contributed by atoms with E-state index in [-0.39, 0.29) is 17.5 Å². The van der Waals surface area contributed by atoms with Crippen LogP contribution in [0, 0.1) is 0 Å². The molecule has 0 aliphatic carbocycles. The number of methoxy groups -OCH3 is 1. The first kappa shape index (κ1) is 22.3. The van der Waals surface area contributed by atoms with Crippen molar-refractivity contribution in [3.8, 4) is 28.5 Å². The molecule has 35 heavy (non-hydrogen) atoms. The molecule has 1 aliphatic heterocycles. The molecule has 0 radical (unpaired) electrons. The number of nitrogens with zero attached hydrogens (tertiary/aromatic N) is 3. The molecular formula is C26H25N5O4. The molecule has 2 amide bonds. The largest absolute Gasteiger partial charge is 0.493 e. The summed E-state index contributed by atoms with van der Waals surface area (Å²) >= 11 is 0. The average molecular weight is 472 g/mol. The summed E-state index contributed by atoms with van der Waals surface area (Å²) in [6, 6.07) is 14.7. The maximum absolute atomic E-state index is 12.4. The van der Waals surface area contributed by atoms with Gasteiger partial charge in [-0.2, -0.15) is 0 Å². The maximum Gasteiger partial charge on any atom is 0.269 e. The molecule has 2 aromatic carbocycles. The molecule has 3 heterocycles. The fraction of sp³-hybridized carbons (Fsp3) is 0.192. The van der Waals surface area contributed by atoms with Gasteiger partial charge < -0.3 is 20.1 Å². The van der Waals surface area contributed by atoms with E-state index in [1.165, 1.54) is 6.08 Å². The van der Waals surface area contributed by atoms with Crippen LogP contribution in [0.2, 0.25) is 0 Å². The van der Waals surface area contributed by atoms with Gasteiger partial charge in [0.05, 0.1) is 7.11 Å². The highest BCUT2D eigenvalue weighted by Gasteiger charge is 2.30. The van der Waals surface area contributed by atoms with E-state index in [4.69, 9.17) is 20.2 Å². The van der Waals surface area contributed by atoms with Gasteiger partial charge in [0.2, 0.25) is 5.91 Å². The van der Waals surface area contributed by atoms with Crippen LogP contribution in [-0.2, 0) is 4.79 Å². The number of aromatic nitrogens is 3. The van der Waals surface area contributed by atoms with E-state index in [1.54, 1.807) is 28.7 Å². The van der Waals surface area contributed by atoms with Gasteiger partial charge in [0.1, 0.15) is 11.4 Å². The van der Waals surface area contributed by atoms with Crippen LogP contribution in [-0.4, -0.2) is 51.5 Å². The first-order valence-electron chi connectivity index (χ1n) is 11.2. The van der Waals surface area contributed by atoms with Crippen molar-refractivity contribution in [1.29, 1.82) is 0 Å². The van der Waals surface area contributed by atoms with Crippen molar-refractivity contribution in [2.45, 2.75) is 12.3 Å². The maximum atomic E-state index is 12.4. The summed E-state index contributed by atoms with van der Waals surface area (Å²) in [6.07, 6.45) is 3.96. The lowest BCUT2D eigenvalue weighted by Crippen LogP contribution is -2.26. The fourth-order valence-corrected chi connectivity index (χ4v) is 4.52. The first-order valence-corrected chi connectivity index (χ1v) is 11.2. The standard InChI is InChI=1S/C26H25N5O4/c1-3-22(32)30-13-12-17(15-30)19-14-28-31-24(25(27)33)23(29-26(19)31)16-8-10-18(11-9-16)35-21-7-5-4-6-20(21)34-2/h3-11,14,17,28H,1,12-13,15H2,2H3,(H2,27,33). The number of nitrogens with two attached hydrogens (primary N) is 1. The summed E-state index contributed by atoms with van der Waals surface area (Å²) < 4.78 is 12.9. The second-order valence-corrected chi connectivity index (χ2v) is 8.31. The molecule has 9 heteroatoms. The van der Waals surface area contributed by atoms with Crippen molar-refractivity contribution in [2.24, 2.45) is 5.73 Å². The number of ether oxygens (including phenoxy) is 2. The lowest BCUT2D eigenvalue weighted by molar-refractivity contribution is -0.125. The summed E-state index contributed by atoms with van der Waals surface area (Å²) in [7, 11) is 1.59. The molecule has 3 N–H and O–H groups in total. The molecule has 178 valence electrons. The molecule has 1 saturated heterocycles. The SMILES string of the molecule is C=CC(=O)N1CCC(c2c[nH]n3c(C(N)=O)c(-c4ccc(Oc5ccccc5OC)cc4)nc23)C1. The Labute approximate surface area is 201 Å². The topological polar surface area (TPSA) is 115 Å². The third-order valence-electron chi connectivity index (χ3n) is 6.26. The lowest BCUT2D eigenvalue weighted by atomic mass is 10.0. The van der Waals surface area contributed by atoms with Crippen molar-refractivity contribution < 1.29 is 19.1 Å². The second kappa shape index (κ2) is 9.02. The summed E-state index contributed by atoms with van der Waals surface area (Å²) in [5, 5.41) is 3.11. The Kier molecular flexibility index (Phi) is 5.74. The minimum Gasteiger partial charge on any atom is -0.493 e. The van der Waals surface area contributed by atoms with Crippen molar-refractivity contribution in [3.63, 3.8) is 0 Å². The van der Waals surface area contributed by atoms with Gasteiger partial charge in [0, 0.05) is 36.3 Å². The van der Waals surface area contributed by atoms with Crippen LogP contribution in [0.3, 0.4) is 0 Å². The molecule has 5 rings (SSSR count). The van der Waals surface area contributed by atoms with Crippen molar-refractivity contribution in [1.82, 2.24) is 19.5 Å². The zero-order valence-electron chi connectivity index (χ0n) is 19.2. The van der Waals surface area contributed by atoms with Gasteiger partial charge in [-0.3, -0.25) is 14.7 Å². The van der Waals surface area contributed by atoms with E-state index in [2.05, 4.69) is 11.7 Å². The van der Waals surface area contributed by atoms with E-state index in [9.17, 15) is 9.59 Å². The van der Waals surface area contributed by atoms with Crippen LogP contribution in [0.25, 0.3) is 16.9 Å². The molecule has 2 aromatic heterocycles. The number of primary amides is 1. The van der Waals surface area contributed by atoms with Gasteiger partial charge in [-0.1, -0.05) is 18.7 Å². The van der Waals surface area contributed by atoms with E-state index in [1.807, 2.05) is 42.6 Å². The number of carbonyl (C=O) groups excluding carboxylic acids is 2. The van der Waals surface area contributed by atoms with Gasteiger partial charge >= 0.3 is 0 Å². The molecule has 1 atom stereocenters. The molecular weight excluding hydrogens is 446 g/mol. The molecule has 1 unspecified atom stereocenters.